The van der Waals surface area contributed by atoms with E-state index in [1.165, 1.54) is 12.8 Å². The molecule has 1 aromatic rings. The van der Waals surface area contributed by atoms with Crippen LogP contribution in [0.3, 0.4) is 0 Å². The number of halogens is 1. The van der Waals surface area contributed by atoms with Crippen molar-refractivity contribution in [1.29, 1.82) is 0 Å². The molecule has 0 bridgehead atoms. The first kappa shape index (κ1) is 20.1. The predicted octanol–water partition coefficient (Wildman–Crippen LogP) is 1.44. The van der Waals surface area contributed by atoms with Gasteiger partial charge >= 0.3 is 0 Å². The number of hydrogen-bond acceptors (Lipinski definition) is 6. The van der Waals surface area contributed by atoms with E-state index in [0.717, 1.165) is 26.1 Å². The molecular formula is C17H30ClN5O2. The van der Waals surface area contributed by atoms with Gasteiger partial charge in [-0.3, -0.25) is 9.69 Å². The van der Waals surface area contributed by atoms with E-state index in [1.807, 2.05) is 11.9 Å². The van der Waals surface area contributed by atoms with E-state index in [9.17, 15) is 4.79 Å². The van der Waals surface area contributed by atoms with Gasteiger partial charge in [0.05, 0.1) is 5.92 Å². The Labute approximate surface area is 155 Å². The molecule has 3 rings (SSSR count). The zero-order chi connectivity index (χ0) is 17.1. The number of carbonyl (C=O) groups is 1. The van der Waals surface area contributed by atoms with Gasteiger partial charge in [-0.15, -0.1) is 12.4 Å². The third-order valence-electron chi connectivity index (χ3n) is 5.37. The number of aromatic nitrogens is 2. The SMILES string of the molecule is CCN1CCCC1CN1CC(c2nc(CC(C)NC)no2)CC1=O.Cl. The molecule has 0 radical (unpaired) electrons. The molecule has 2 saturated heterocycles. The van der Waals surface area contributed by atoms with Crippen LogP contribution in [0.15, 0.2) is 4.52 Å². The number of amides is 1. The van der Waals surface area contributed by atoms with E-state index in [2.05, 4.69) is 34.2 Å². The lowest BCUT2D eigenvalue weighted by atomic mass is 10.1. The number of likely N-dealkylation sites (tertiary alicyclic amines) is 2. The van der Waals surface area contributed by atoms with Gasteiger partial charge in [0.15, 0.2) is 5.82 Å². The number of rotatable bonds is 7. The van der Waals surface area contributed by atoms with Crippen molar-refractivity contribution >= 4 is 18.3 Å². The summed E-state index contributed by atoms with van der Waals surface area (Å²) in [5, 5.41) is 7.23. The number of carbonyl (C=O) groups excluding carboxylic acids is 1. The van der Waals surface area contributed by atoms with Crippen molar-refractivity contribution in [3.05, 3.63) is 11.7 Å². The van der Waals surface area contributed by atoms with E-state index in [-0.39, 0.29) is 24.2 Å². The summed E-state index contributed by atoms with van der Waals surface area (Å²) >= 11 is 0. The predicted molar refractivity (Wildman–Crippen MR) is 98.0 cm³/mol. The van der Waals surface area contributed by atoms with Crippen LogP contribution in [0.4, 0.5) is 0 Å². The second-order valence-corrected chi connectivity index (χ2v) is 7.07. The normalized spacial score (nSPS) is 25.4. The smallest absolute Gasteiger partial charge is 0.232 e. The molecule has 0 saturated carbocycles. The summed E-state index contributed by atoms with van der Waals surface area (Å²) in [6, 6.07) is 0.812. The van der Waals surface area contributed by atoms with Gasteiger partial charge in [0.2, 0.25) is 11.8 Å². The molecule has 1 aromatic heterocycles. The highest BCUT2D eigenvalue weighted by molar-refractivity contribution is 5.85. The van der Waals surface area contributed by atoms with Crippen LogP contribution in [-0.4, -0.2) is 71.2 Å². The lowest BCUT2D eigenvalue weighted by Gasteiger charge is -2.27. The molecule has 7 nitrogen and oxygen atoms in total. The number of nitrogens with one attached hydrogen (secondary N) is 1. The third kappa shape index (κ3) is 4.71. The summed E-state index contributed by atoms with van der Waals surface area (Å²) in [7, 11) is 1.92. The van der Waals surface area contributed by atoms with Crippen molar-refractivity contribution in [3.8, 4) is 0 Å². The van der Waals surface area contributed by atoms with Crippen LogP contribution in [0.1, 0.15) is 50.7 Å². The maximum absolute atomic E-state index is 12.4. The summed E-state index contributed by atoms with van der Waals surface area (Å²) < 4.78 is 5.42. The fraction of sp³-hybridized carbons (Fsp3) is 0.824. The summed E-state index contributed by atoms with van der Waals surface area (Å²) in [6.07, 6.45) is 3.65. The fourth-order valence-corrected chi connectivity index (χ4v) is 3.78. The zero-order valence-corrected chi connectivity index (χ0v) is 16.2. The van der Waals surface area contributed by atoms with Crippen LogP contribution in [-0.2, 0) is 11.2 Å². The zero-order valence-electron chi connectivity index (χ0n) is 15.4. The molecule has 3 heterocycles. The topological polar surface area (TPSA) is 74.5 Å². The molecule has 8 heteroatoms. The Morgan fingerprint density at radius 2 is 2.24 bits per heavy atom. The fourth-order valence-electron chi connectivity index (χ4n) is 3.78. The Morgan fingerprint density at radius 3 is 2.96 bits per heavy atom. The average Bonchev–Trinajstić information content (AvgIpc) is 3.28. The highest BCUT2D eigenvalue weighted by Gasteiger charge is 2.36. The lowest BCUT2D eigenvalue weighted by molar-refractivity contribution is -0.128. The first-order valence-corrected chi connectivity index (χ1v) is 9.12. The quantitative estimate of drug-likeness (QED) is 0.781. The van der Waals surface area contributed by atoms with Gasteiger partial charge in [-0.2, -0.15) is 4.98 Å². The van der Waals surface area contributed by atoms with Gasteiger partial charge < -0.3 is 14.7 Å². The largest absolute Gasteiger partial charge is 0.340 e. The Hall–Kier alpha value is -1.18. The van der Waals surface area contributed by atoms with Crippen molar-refractivity contribution in [2.75, 3.05) is 33.2 Å². The molecule has 1 amide bonds. The molecule has 25 heavy (non-hydrogen) atoms. The monoisotopic (exact) mass is 371 g/mol. The molecule has 0 spiro atoms. The van der Waals surface area contributed by atoms with Gasteiger partial charge in [-0.25, -0.2) is 0 Å². The molecule has 2 fully saturated rings. The Bertz CT molecular complexity index is 567. The van der Waals surface area contributed by atoms with Gasteiger partial charge in [0.25, 0.3) is 0 Å². The van der Waals surface area contributed by atoms with E-state index in [1.54, 1.807) is 0 Å². The number of hydrogen-bond donors (Lipinski definition) is 1. The Balaban J connectivity index is 0.00000225. The van der Waals surface area contributed by atoms with Crippen LogP contribution in [0.5, 0.6) is 0 Å². The molecule has 3 atom stereocenters. The maximum atomic E-state index is 12.4. The highest BCUT2D eigenvalue weighted by Crippen LogP contribution is 2.29. The molecule has 1 N–H and O–H groups in total. The first-order valence-electron chi connectivity index (χ1n) is 9.12. The Kier molecular flexibility index (Phi) is 7.22. The third-order valence-corrected chi connectivity index (χ3v) is 5.37. The van der Waals surface area contributed by atoms with Crippen molar-refractivity contribution in [1.82, 2.24) is 25.3 Å². The summed E-state index contributed by atoms with van der Waals surface area (Å²) in [5.41, 5.74) is 0. The second kappa shape index (κ2) is 8.96. The van der Waals surface area contributed by atoms with Gasteiger partial charge in [-0.1, -0.05) is 12.1 Å². The number of likely N-dealkylation sites (N-methyl/N-ethyl adjacent to an activating group) is 2. The minimum atomic E-state index is 0. The standard InChI is InChI=1S/C17H29N5O2.ClH/c1-4-21-7-5-6-14(21)11-22-10-13(9-16(22)23)17-19-15(20-24-17)8-12(2)18-3;/h12-14,18H,4-11H2,1-3H3;1H. The summed E-state index contributed by atoms with van der Waals surface area (Å²) in [4.78, 5) is 21.4. The van der Waals surface area contributed by atoms with Crippen molar-refractivity contribution in [3.63, 3.8) is 0 Å². The highest BCUT2D eigenvalue weighted by atomic mass is 35.5. The van der Waals surface area contributed by atoms with Crippen molar-refractivity contribution in [2.24, 2.45) is 0 Å². The van der Waals surface area contributed by atoms with E-state index in [4.69, 9.17) is 4.52 Å². The van der Waals surface area contributed by atoms with E-state index < -0.39 is 0 Å². The van der Waals surface area contributed by atoms with Gasteiger partial charge in [-0.05, 0) is 39.9 Å². The van der Waals surface area contributed by atoms with Crippen molar-refractivity contribution in [2.45, 2.75) is 57.5 Å². The van der Waals surface area contributed by atoms with Gasteiger partial charge in [0, 0.05) is 38.0 Å². The summed E-state index contributed by atoms with van der Waals surface area (Å²) in [6.45, 7) is 8.03. The average molecular weight is 372 g/mol. The van der Waals surface area contributed by atoms with Crippen molar-refractivity contribution < 1.29 is 9.32 Å². The molecular weight excluding hydrogens is 342 g/mol. The first-order chi connectivity index (χ1) is 11.6. The van der Waals surface area contributed by atoms with Crippen LogP contribution in [0, 0.1) is 0 Å². The molecule has 0 aliphatic carbocycles. The van der Waals surface area contributed by atoms with Crippen LogP contribution in [0.25, 0.3) is 0 Å². The van der Waals surface area contributed by atoms with E-state index >= 15 is 0 Å². The van der Waals surface area contributed by atoms with Crippen LogP contribution in [0.2, 0.25) is 0 Å². The molecule has 142 valence electrons. The molecule has 0 aromatic carbocycles. The maximum Gasteiger partial charge on any atom is 0.232 e. The molecule has 2 aliphatic rings. The number of nitrogens with zero attached hydrogens (tertiary/aromatic N) is 4. The van der Waals surface area contributed by atoms with Crippen LogP contribution >= 0.6 is 12.4 Å². The lowest BCUT2D eigenvalue weighted by Crippen LogP contribution is -2.40. The van der Waals surface area contributed by atoms with Crippen LogP contribution < -0.4 is 5.32 Å². The van der Waals surface area contributed by atoms with E-state index in [0.29, 0.717) is 36.8 Å². The minimum Gasteiger partial charge on any atom is -0.340 e. The summed E-state index contributed by atoms with van der Waals surface area (Å²) in [5.74, 6) is 1.58. The molecule has 2 aliphatic heterocycles. The minimum absolute atomic E-state index is 0. The Morgan fingerprint density at radius 1 is 1.44 bits per heavy atom. The van der Waals surface area contributed by atoms with Gasteiger partial charge in [0.1, 0.15) is 0 Å². The second-order valence-electron chi connectivity index (χ2n) is 7.07. The molecule has 3 unspecified atom stereocenters.